The molecule has 102 valence electrons. The highest BCUT2D eigenvalue weighted by atomic mass is 16.1. The van der Waals surface area contributed by atoms with E-state index in [4.69, 9.17) is 0 Å². The fraction of sp³-hybridized carbons (Fsp3) is 0.929. The van der Waals surface area contributed by atoms with Gasteiger partial charge in [-0.1, -0.05) is 40.0 Å². The monoisotopic (exact) mass is 242 g/mol. The standard InChI is InChI=1S/C14H30N2O/c1-6-9-11(4)16-14(17)10-15-12(5)13(7-2)8-3/h11-13,15H,6-10H2,1-5H3,(H,16,17). The van der Waals surface area contributed by atoms with E-state index in [2.05, 4.69) is 45.3 Å². The molecule has 0 bridgehead atoms. The van der Waals surface area contributed by atoms with Crippen molar-refractivity contribution >= 4 is 5.91 Å². The molecular weight excluding hydrogens is 212 g/mol. The van der Waals surface area contributed by atoms with Crippen molar-refractivity contribution < 1.29 is 4.79 Å². The van der Waals surface area contributed by atoms with Gasteiger partial charge < -0.3 is 10.6 Å². The van der Waals surface area contributed by atoms with Crippen LogP contribution >= 0.6 is 0 Å². The van der Waals surface area contributed by atoms with Crippen LogP contribution in [0.2, 0.25) is 0 Å². The Labute approximate surface area is 107 Å². The predicted molar refractivity (Wildman–Crippen MR) is 74.0 cm³/mol. The van der Waals surface area contributed by atoms with Crippen LogP contribution in [0.3, 0.4) is 0 Å². The molecule has 0 aliphatic carbocycles. The minimum atomic E-state index is 0.115. The molecule has 0 aromatic heterocycles. The summed E-state index contributed by atoms with van der Waals surface area (Å²) >= 11 is 0. The maximum atomic E-state index is 11.7. The minimum Gasteiger partial charge on any atom is -0.353 e. The van der Waals surface area contributed by atoms with Crippen LogP contribution in [0, 0.1) is 5.92 Å². The molecular formula is C14H30N2O. The van der Waals surface area contributed by atoms with E-state index in [1.807, 2.05) is 0 Å². The van der Waals surface area contributed by atoms with Crippen LogP contribution in [0.1, 0.15) is 60.3 Å². The fourth-order valence-electron chi connectivity index (χ4n) is 2.25. The molecule has 0 fully saturated rings. The molecule has 2 unspecified atom stereocenters. The number of amides is 1. The molecule has 0 aromatic carbocycles. The molecule has 0 heterocycles. The first-order chi connectivity index (χ1) is 8.04. The second-order valence-electron chi connectivity index (χ2n) is 5.00. The number of hydrogen-bond acceptors (Lipinski definition) is 2. The van der Waals surface area contributed by atoms with Crippen molar-refractivity contribution in [3.8, 4) is 0 Å². The second-order valence-corrected chi connectivity index (χ2v) is 5.00. The van der Waals surface area contributed by atoms with Gasteiger partial charge in [0, 0.05) is 12.1 Å². The minimum absolute atomic E-state index is 0.115. The van der Waals surface area contributed by atoms with Crippen molar-refractivity contribution in [3.63, 3.8) is 0 Å². The molecule has 2 N–H and O–H groups in total. The van der Waals surface area contributed by atoms with E-state index in [-0.39, 0.29) is 11.9 Å². The zero-order valence-electron chi connectivity index (χ0n) is 12.2. The van der Waals surface area contributed by atoms with Crippen LogP contribution in [0.5, 0.6) is 0 Å². The molecule has 17 heavy (non-hydrogen) atoms. The van der Waals surface area contributed by atoms with Gasteiger partial charge in [0.15, 0.2) is 0 Å². The summed E-state index contributed by atoms with van der Waals surface area (Å²) in [5, 5.41) is 6.33. The Morgan fingerprint density at radius 1 is 1.12 bits per heavy atom. The van der Waals surface area contributed by atoms with Crippen molar-refractivity contribution in [1.29, 1.82) is 0 Å². The first-order valence-electron chi connectivity index (χ1n) is 7.07. The zero-order chi connectivity index (χ0) is 13.3. The SMILES string of the molecule is CCCC(C)NC(=O)CNC(C)C(CC)CC. The summed E-state index contributed by atoms with van der Waals surface area (Å²) in [5.41, 5.74) is 0. The highest BCUT2D eigenvalue weighted by Gasteiger charge is 2.14. The largest absolute Gasteiger partial charge is 0.353 e. The summed E-state index contributed by atoms with van der Waals surface area (Å²) in [6.45, 7) is 11.2. The van der Waals surface area contributed by atoms with E-state index in [0.29, 0.717) is 18.5 Å². The third-order valence-electron chi connectivity index (χ3n) is 3.47. The third-order valence-corrected chi connectivity index (χ3v) is 3.47. The number of hydrogen-bond donors (Lipinski definition) is 2. The van der Waals surface area contributed by atoms with E-state index >= 15 is 0 Å². The lowest BCUT2D eigenvalue weighted by Crippen LogP contribution is -2.43. The molecule has 3 heteroatoms. The van der Waals surface area contributed by atoms with Crippen LogP contribution < -0.4 is 10.6 Å². The van der Waals surface area contributed by atoms with Crippen LogP contribution in [0.15, 0.2) is 0 Å². The molecule has 0 aliphatic rings. The number of rotatable bonds is 9. The summed E-state index contributed by atoms with van der Waals surface area (Å²) < 4.78 is 0. The predicted octanol–water partition coefficient (Wildman–Crippen LogP) is 2.71. The lowest BCUT2D eigenvalue weighted by molar-refractivity contribution is -0.121. The van der Waals surface area contributed by atoms with E-state index in [9.17, 15) is 4.79 Å². The van der Waals surface area contributed by atoms with E-state index < -0.39 is 0 Å². The van der Waals surface area contributed by atoms with E-state index in [1.54, 1.807) is 0 Å². The summed E-state index contributed by atoms with van der Waals surface area (Å²) in [6.07, 6.45) is 4.49. The molecule has 0 spiro atoms. The van der Waals surface area contributed by atoms with Gasteiger partial charge in [-0.15, -0.1) is 0 Å². The Bertz CT molecular complexity index is 202. The van der Waals surface area contributed by atoms with Crippen molar-refractivity contribution in [3.05, 3.63) is 0 Å². The quantitative estimate of drug-likeness (QED) is 0.653. The Morgan fingerprint density at radius 2 is 1.71 bits per heavy atom. The second kappa shape index (κ2) is 9.46. The van der Waals surface area contributed by atoms with Gasteiger partial charge >= 0.3 is 0 Å². The Balaban J connectivity index is 3.83. The average molecular weight is 242 g/mol. The fourth-order valence-corrected chi connectivity index (χ4v) is 2.25. The smallest absolute Gasteiger partial charge is 0.234 e. The van der Waals surface area contributed by atoms with Crippen molar-refractivity contribution in [2.75, 3.05) is 6.54 Å². The molecule has 3 nitrogen and oxygen atoms in total. The van der Waals surface area contributed by atoms with E-state index in [0.717, 1.165) is 12.8 Å². The molecule has 0 aromatic rings. The maximum absolute atomic E-state index is 11.7. The molecule has 0 aliphatic heterocycles. The molecule has 0 saturated heterocycles. The summed E-state index contributed by atoms with van der Waals surface area (Å²) in [5.74, 6) is 0.777. The first-order valence-corrected chi connectivity index (χ1v) is 7.07. The van der Waals surface area contributed by atoms with E-state index in [1.165, 1.54) is 12.8 Å². The van der Waals surface area contributed by atoms with Gasteiger partial charge in [0.2, 0.25) is 5.91 Å². The summed E-state index contributed by atoms with van der Waals surface area (Å²) in [7, 11) is 0. The van der Waals surface area contributed by atoms with Gasteiger partial charge in [-0.3, -0.25) is 4.79 Å². The number of carbonyl (C=O) groups is 1. The molecule has 0 radical (unpaired) electrons. The van der Waals surface area contributed by atoms with Crippen LogP contribution in [-0.4, -0.2) is 24.5 Å². The zero-order valence-corrected chi connectivity index (χ0v) is 12.2. The first kappa shape index (κ1) is 16.4. The number of nitrogens with one attached hydrogen (secondary N) is 2. The number of carbonyl (C=O) groups excluding carboxylic acids is 1. The van der Waals surface area contributed by atoms with Gasteiger partial charge in [0.05, 0.1) is 6.54 Å². The van der Waals surface area contributed by atoms with Crippen molar-refractivity contribution in [2.45, 2.75) is 72.4 Å². The van der Waals surface area contributed by atoms with Crippen LogP contribution in [0.25, 0.3) is 0 Å². The molecule has 0 saturated carbocycles. The Kier molecular flexibility index (Phi) is 9.14. The molecule has 2 atom stereocenters. The lowest BCUT2D eigenvalue weighted by atomic mass is 9.95. The van der Waals surface area contributed by atoms with Gasteiger partial charge in [-0.25, -0.2) is 0 Å². The topological polar surface area (TPSA) is 41.1 Å². The lowest BCUT2D eigenvalue weighted by Gasteiger charge is -2.22. The van der Waals surface area contributed by atoms with Crippen LogP contribution in [0.4, 0.5) is 0 Å². The highest BCUT2D eigenvalue weighted by Crippen LogP contribution is 2.12. The van der Waals surface area contributed by atoms with Gasteiger partial charge in [-0.2, -0.15) is 0 Å². The van der Waals surface area contributed by atoms with Gasteiger partial charge in [-0.05, 0) is 26.2 Å². The van der Waals surface area contributed by atoms with Gasteiger partial charge in [0.1, 0.15) is 0 Å². The Morgan fingerprint density at radius 3 is 2.18 bits per heavy atom. The molecule has 1 amide bonds. The summed E-state index contributed by atoms with van der Waals surface area (Å²) in [6, 6.07) is 0.704. The average Bonchev–Trinajstić information content (AvgIpc) is 2.28. The van der Waals surface area contributed by atoms with Crippen molar-refractivity contribution in [1.82, 2.24) is 10.6 Å². The Hall–Kier alpha value is -0.570. The maximum Gasteiger partial charge on any atom is 0.234 e. The normalized spacial score (nSPS) is 14.7. The third kappa shape index (κ3) is 7.37. The summed E-state index contributed by atoms with van der Waals surface area (Å²) in [4.78, 5) is 11.7. The highest BCUT2D eigenvalue weighted by molar-refractivity contribution is 5.78. The van der Waals surface area contributed by atoms with Crippen LogP contribution in [-0.2, 0) is 4.79 Å². The van der Waals surface area contributed by atoms with Gasteiger partial charge in [0.25, 0.3) is 0 Å². The van der Waals surface area contributed by atoms with Crippen molar-refractivity contribution in [2.24, 2.45) is 5.92 Å². The molecule has 0 rings (SSSR count).